The van der Waals surface area contributed by atoms with Crippen molar-refractivity contribution in [2.45, 2.75) is 40.7 Å². The number of carbonyl (C=O) groups excluding carboxylic acids is 1. The van der Waals surface area contributed by atoms with Gasteiger partial charge in [-0.3, -0.25) is 19.1 Å². The molecule has 10 heteroatoms. The maximum absolute atomic E-state index is 11.6. The highest BCUT2D eigenvalue weighted by atomic mass is 35.5. The molecule has 0 radical (unpaired) electrons. The van der Waals surface area contributed by atoms with Gasteiger partial charge in [-0.2, -0.15) is 0 Å². The first-order chi connectivity index (χ1) is 21.0. The molecule has 1 N–H and O–H groups in total. The van der Waals surface area contributed by atoms with Crippen molar-refractivity contribution in [2.24, 2.45) is 9.98 Å². The quantitative estimate of drug-likeness (QED) is 0.141. The third kappa shape index (κ3) is 14.1. The number of ether oxygens (including phenoxy) is 2. The molecule has 0 amide bonds. The summed E-state index contributed by atoms with van der Waals surface area (Å²) in [5.41, 5.74) is 5.21. The van der Waals surface area contributed by atoms with E-state index in [1.807, 2.05) is 70.3 Å². The molecule has 1 atom stereocenters. The van der Waals surface area contributed by atoms with Crippen molar-refractivity contribution >= 4 is 58.9 Å². The summed E-state index contributed by atoms with van der Waals surface area (Å²) in [5, 5.41) is 3.81. The molecule has 1 unspecified atom stereocenters. The highest BCUT2D eigenvalue weighted by Gasteiger charge is 2.18. The van der Waals surface area contributed by atoms with Crippen molar-refractivity contribution < 1.29 is 18.5 Å². The van der Waals surface area contributed by atoms with E-state index in [1.54, 1.807) is 34.8 Å². The summed E-state index contributed by atoms with van der Waals surface area (Å²) in [6.45, 7) is 14.8. The van der Waals surface area contributed by atoms with Gasteiger partial charge in [0, 0.05) is 48.3 Å². The number of benzene rings is 3. The van der Waals surface area contributed by atoms with Gasteiger partial charge in [-0.05, 0) is 74.2 Å². The van der Waals surface area contributed by atoms with E-state index < -0.39 is 11.0 Å². The van der Waals surface area contributed by atoms with E-state index in [0.29, 0.717) is 31.2 Å². The van der Waals surface area contributed by atoms with Crippen LogP contribution >= 0.6 is 11.6 Å². The molecule has 8 nitrogen and oxygen atoms in total. The molecule has 0 saturated carbocycles. The molecule has 1 heterocycles. The van der Waals surface area contributed by atoms with Crippen LogP contribution in [0.25, 0.3) is 0 Å². The zero-order chi connectivity index (χ0) is 31.9. The molecule has 1 fully saturated rings. The summed E-state index contributed by atoms with van der Waals surface area (Å²) in [6.07, 6.45) is 3.72. The van der Waals surface area contributed by atoms with Crippen LogP contribution in [-0.2, 0) is 27.0 Å². The van der Waals surface area contributed by atoms with Crippen LogP contribution in [0.4, 0.5) is 17.1 Å². The average Bonchev–Trinajstić information content (AvgIpc) is 3.06. The smallest absolute Gasteiger partial charge is 0.150 e. The van der Waals surface area contributed by atoms with Crippen LogP contribution < -0.4 is 9.62 Å². The van der Waals surface area contributed by atoms with Gasteiger partial charge in [0.1, 0.15) is 24.0 Å². The molecule has 3 aromatic carbocycles. The first-order valence-corrected chi connectivity index (χ1v) is 16.0. The minimum atomic E-state index is -1.02. The standard InChI is InChI=1S/C16H16ClN3.C10H11NO3S.C5H12O.C2H6/c1-18-14-7-8-15(17)13(9-14)11-20-10-12-5-3-4-6-16(12)19-2;12-7-9-1-3-10(4-2-9)11-8-14-5-6-15(11)13;1-3-5-6-4-2;1-2/h3-10,18H,2,11H2,1H3;1-4,7H,5-6,8H2;3-5H2,1-2H3;1-2H3. The summed E-state index contributed by atoms with van der Waals surface area (Å²) in [5.74, 6) is 0.523. The lowest BCUT2D eigenvalue weighted by atomic mass is 10.2. The van der Waals surface area contributed by atoms with E-state index in [0.717, 1.165) is 59.1 Å². The molecular weight excluding hydrogens is 584 g/mol. The Morgan fingerprint density at radius 3 is 2.42 bits per heavy atom. The van der Waals surface area contributed by atoms with Crippen LogP contribution in [0.3, 0.4) is 0 Å². The van der Waals surface area contributed by atoms with Gasteiger partial charge < -0.3 is 14.8 Å². The van der Waals surface area contributed by atoms with Gasteiger partial charge in [-0.15, -0.1) is 0 Å². The van der Waals surface area contributed by atoms with E-state index >= 15 is 0 Å². The number of aliphatic imine (C=N–C) groups is 2. The molecule has 1 saturated heterocycles. The lowest BCUT2D eigenvalue weighted by molar-refractivity contribution is 0.112. The Morgan fingerprint density at radius 1 is 1.12 bits per heavy atom. The van der Waals surface area contributed by atoms with E-state index in [9.17, 15) is 9.00 Å². The first kappa shape index (κ1) is 37.7. The molecule has 0 aliphatic carbocycles. The van der Waals surface area contributed by atoms with Crippen molar-refractivity contribution in [3.63, 3.8) is 0 Å². The minimum absolute atomic E-state index is 0.340. The lowest BCUT2D eigenvalue weighted by Crippen LogP contribution is -2.36. The number of nitrogens with one attached hydrogen (secondary N) is 1. The van der Waals surface area contributed by atoms with Gasteiger partial charge in [-0.1, -0.05) is 50.6 Å². The molecule has 0 spiro atoms. The number of carbonyl (C=O) groups is 1. The summed E-state index contributed by atoms with van der Waals surface area (Å²) in [6, 6.07) is 20.5. The number of aldehydes is 1. The number of anilines is 2. The monoisotopic (exact) mass is 628 g/mol. The van der Waals surface area contributed by atoms with Crippen molar-refractivity contribution in [3.05, 3.63) is 88.4 Å². The Morgan fingerprint density at radius 2 is 1.84 bits per heavy atom. The fourth-order valence-electron chi connectivity index (χ4n) is 3.48. The summed E-state index contributed by atoms with van der Waals surface area (Å²) in [7, 11) is 0.860. The molecule has 4 rings (SSSR count). The SMILES string of the molecule is C=Nc1ccccc1C=NCc1cc(NC)ccc1Cl.CC.CCCOCC.O=Cc1ccc(N2COCCS2=O)cc1. The van der Waals surface area contributed by atoms with Crippen LogP contribution in [0.2, 0.25) is 5.02 Å². The van der Waals surface area contributed by atoms with Crippen molar-refractivity contribution in [1.82, 2.24) is 0 Å². The molecule has 43 heavy (non-hydrogen) atoms. The Kier molecular flexibility index (Phi) is 20.3. The largest absolute Gasteiger partial charge is 0.388 e. The summed E-state index contributed by atoms with van der Waals surface area (Å²) >= 11 is 6.16. The van der Waals surface area contributed by atoms with E-state index in [1.165, 1.54) is 0 Å². The van der Waals surface area contributed by atoms with Crippen LogP contribution in [0, 0.1) is 0 Å². The number of hydrogen-bond acceptors (Lipinski definition) is 7. The van der Waals surface area contributed by atoms with Gasteiger partial charge in [0.2, 0.25) is 0 Å². The van der Waals surface area contributed by atoms with Crippen LogP contribution in [0.5, 0.6) is 0 Å². The maximum atomic E-state index is 11.6. The van der Waals surface area contributed by atoms with Crippen molar-refractivity contribution in [1.29, 1.82) is 0 Å². The molecule has 234 valence electrons. The summed E-state index contributed by atoms with van der Waals surface area (Å²) < 4.78 is 23.5. The molecule has 0 aromatic heterocycles. The Bertz CT molecular complexity index is 1270. The lowest BCUT2D eigenvalue weighted by Gasteiger charge is -2.27. The molecule has 3 aromatic rings. The molecule has 1 aliphatic heterocycles. The second kappa shape index (κ2) is 23.1. The van der Waals surface area contributed by atoms with Gasteiger partial charge in [0.05, 0.1) is 30.3 Å². The van der Waals surface area contributed by atoms with E-state index in [4.69, 9.17) is 21.1 Å². The zero-order valence-electron chi connectivity index (χ0n) is 25.9. The third-order valence-corrected chi connectivity index (χ3v) is 7.35. The average molecular weight is 629 g/mol. The Balaban J connectivity index is 0.000000353. The first-order valence-electron chi connectivity index (χ1n) is 14.4. The third-order valence-electron chi connectivity index (χ3n) is 5.66. The van der Waals surface area contributed by atoms with Crippen LogP contribution in [0.15, 0.2) is 76.7 Å². The van der Waals surface area contributed by atoms with Gasteiger partial charge in [0.15, 0.2) is 0 Å². The topological polar surface area (TPSA) is 92.6 Å². The van der Waals surface area contributed by atoms with E-state index in [-0.39, 0.29) is 0 Å². The molecular formula is C33H45ClN4O4S. The number of para-hydroxylation sites is 1. The Hall–Kier alpha value is -3.37. The van der Waals surface area contributed by atoms with Gasteiger partial charge in [-0.25, -0.2) is 4.21 Å². The Labute approximate surface area is 264 Å². The second-order valence-corrected chi connectivity index (χ2v) is 10.5. The summed E-state index contributed by atoms with van der Waals surface area (Å²) in [4.78, 5) is 18.9. The highest BCUT2D eigenvalue weighted by Crippen LogP contribution is 2.22. The van der Waals surface area contributed by atoms with Gasteiger partial charge in [0.25, 0.3) is 0 Å². The zero-order valence-corrected chi connectivity index (χ0v) is 27.5. The van der Waals surface area contributed by atoms with E-state index in [2.05, 4.69) is 28.9 Å². The van der Waals surface area contributed by atoms with Crippen molar-refractivity contribution in [2.75, 3.05) is 49.0 Å². The number of nitrogens with zero attached hydrogens (tertiary/aromatic N) is 3. The number of hydrogen-bond donors (Lipinski definition) is 1. The number of halogens is 1. The fraction of sp³-hybridized carbons (Fsp3) is 0.364. The van der Waals surface area contributed by atoms with Gasteiger partial charge >= 0.3 is 0 Å². The predicted molar refractivity (Wildman–Crippen MR) is 184 cm³/mol. The fourth-order valence-corrected chi connectivity index (χ4v) is 4.69. The highest BCUT2D eigenvalue weighted by molar-refractivity contribution is 7.86. The predicted octanol–water partition coefficient (Wildman–Crippen LogP) is 7.75. The van der Waals surface area contributed by atoms with Crippen LogP contribution in [-0.4, -0.2) is 62.8 Å². The van der Waals surface area contributed by atoms with Crippen molar-refractivity contribution in [3.8, 4) is 0 Å². The minimum Gasteiger partial charge on any atom is -0.388 e. The second-order valence-electron chi connectivity index (χ2n) is 8.59. The molecule has 0 bridgehead atoms. The van der Waals surface area contributed by atoms with Crippen LogP contribution in [0.1, 0.15) is 55.6 Å². The molecule has 1 aliphatic rings. The number of rotatable bonds is 10. The normalized spacial score (nSPS) is 13.8. The maximum Gasteiger partial charge on any atom is 0.150 e.